The van der Waals surface area contributed by atoms with E-state index in [0.29, 0.717) is 12.4 Å². The van der Waals surface area contributed by atoms with E-state index < -0.39 is 0 Å². The lowest BCUT2D eigenvalue weighted by Crippen LogP contribution is -2.13. The fraction of sp³-hybridized carbons (Fsp3) is 0.818. The van der Waals surface area contributed by atoms with Crippen molar-refractivity contribution in [1.29, 1.82) is 0 Å². The van der Waals surface area contributed by atoms with Crippen molar-refractivity contribution in [1.82, 2.24) is 20.2 Å². The number of ether oxygens (including phenoxy) is 1. The number of aryl methyl sites for hydroxylation is 1. The van der Waals surface area contributed by atoms with Crippen LogP contribution in [-0.4, -0.2) is 32.8 Å². The van der Waals surface area contributed by atoms with Gasteiger partial charge in [-0.1, -0.05) is 26.2 Å². The Hall–Kier alpha value is -1.46. The van der Waals surface area contributed by atoms with Crippen molar-refractivity contribution in [2.45, 2.75) is 52.5 Å². The molecule has 96 valence electrons. The van der Waals surface area contributed by atoms with E-state index in [0.717, 1.165) is 19.4 Å². The average Bonchev–Trinajstić information content (AvgIpc) is 2.72. The van der Waals surface area contributed by atoms with Crippen LogP contribution in [0.4, 0.5) is 0 Å². The van der Waals surface area contributed by atoms with Crippen molar-refractivity contribution in [2.24, 2.45) is 0 Å². The van der Waals surface area contributed by atoms with Crippen LogP contribution in [0.15, 0.2) is 0 Å². The second-order valence-corrected chi connectivity index (χ2v) is 3.86. The summed E-state index contributed by atoms with van der Waals surface area (Å²) >= 11 is 0. The molecule has 0 saturated heterocycles. The number of unbranched alkanes of at least 4 members (excludes halogenated alkanes) is 3. The van der Waals surface area contributed by atoms with Crippen LogP contribution in [0.3, 0.4) is 0 Å². The Morgan fingerprint density at radius 1 is 1.29 bits per heavy atom. The van der Waals surface area contributed by atoms with Gasteiger partial charge in [-0.25, -0.2) is 4.68 Å². The first kappa shape index (κ1) is 13.6. The van der Waals surface area contributed by atoms with Crippen molar-refractivity contribution in [2.75, 3.05) is 6.61 Å². The van der Waals surface area contributed by atoms with E-state index >= 15 is 0 Å². The smallest absolute Gasteiger partial charge is 0.313 e. The van der Waals surface area contributed by atoms with Crippen LogP contribution in [0.25, 0.3) is 0 Å². The van der Waals surface area contributed by atoms with Crippen molar-refractivity contribution >= 4 is 5.97 Å². The fourth-order valence-electron chi connectivity index (χ4n) is 1.55. The number of rotatable bonds is 8. The van der Waals surface area contributed by atoms with Crippen molar-refractivity contribution < 1.29 is 9.53 Å². The molecule has 0 amide bonds. The molecule has 6 heteroatoms. The topological polar surface area (TPSA) is 69.9 Å². The molecule has 0 aliphatic rings. The maximum Gasteiger partial charge on any atom is 0.313 e. The number of hydrogen-bond donors (Lipinski definition) is 0. The summed E-state index contributed by atoms with van der Waals surface area (Å²) in [7, 11) is 0. The van der Waals surface area contributed by atoms with Gasteiger partial charge in [0.25, 0.3) is 0 Å². The van der Waals surface area contributed by atoms with E-state index in [4.69, 9.17) is 4.74 Å². The van der Waals surface area contributed by atoms with Crippen LogP contribution in [0.2, 0.25) is 0 Å². The minimum absolute atomic E-state index is 0.147. The third-order valence-electron chi connectivity index (χ3n) is 2.44. The molecule has 1 rings (SSSR count). The first-order valence-corrected chi connectivity index (χ1v) is 6.18. The zero-order chi connectivity index (χ0) is 12.5. The maximum absolute atomic E-state index is 11.3. The van der Waals surface area contributed by atoms with Crippen molar-refractivity contribution in [3.63, 3.8) is 0 Å². The van der Waals surface area contributed by atoms with E-state index in [1.54, 1.807) is 11.6 Å². The number of aromatic nitrogens is 4. The third-order valence-corrected chi connectivity index (χ3v) is 2.44. The van der Waals surface area contributed by atoms with Crippen LogP contribution in [0.5, 0.6) is 0 Å². The summed E-state index contributed by atoms with van der Waals surface area (Å²) in [4.78, 5) is 11.3. The molecule has 0 aliphatic heterocycles. The first-order chi connectivity index (χ1) is 8.27. The van der Waals surface area contributed by atoms with Gasteiger partial charge in [0.15, 0.2) is 5.82 Å². The lowest BCUT2D eigenvalue weighted by atomic mass is 10.2. The minimum Gasteiger partial charge on any atom is -0.466 e. The van der Waals surface area contributed by atoms with Gasteiger partial charge in [0.2, 0.25) is 0 Å². The van der Waals surface area contributed by atoms with Crippen LogP contribution in [0.1, 0.15) is 45.4 Å². The van der Waals surface area contributed by atoms with E-state index in [1.807, 2.05) is 0 Å². The fourth-order valence-corrected chi connectivity index (χ4v) is 1.55. The molecule has 0 bridgehead atoms. The number of carbonyl (C=O) groups is 1. The molecule has 0 fully saturated rings. The van der Waals surface area contributed by atoms with Crippen molar-refractivity contribution in [3.8, 4) is 0 Å². The van der Waals surface area contributed by atoms with Gasteiger partial charge in [0, 0.05) is 6.54 Å². The molecule has 17 heavy (non-hydrogen) atoms. The highest BCUT2D eigenvalue weighted by atomic mass is 16.5. The quantitative estimate of drug-likeness (QED) is 0.507. The monoisotopic (exact) mass is 240 g/mol. The molecule has 0 unspecified atom stereocenters. The van der Waals surface area contributed by atoms with E-state index in [9.17, 15) is 4.79 Å². The summed E-state index contributed by atoms with van der Waals surface area (Å²) < 4.78 is 6.55. The Morgan fingerprint density at radius 2 is 2.12 bits per heavy atom. The van der Waals surface area contributed by atoms with Crippen molar-refractivity contribution in [3.05, 3.63) is 5.82 Å². The second-order valence-electron chi connectivity index (χ2n) is 3.86. The summed E-state index contributed by atoms with van der Waals surface area (Å²) in [5, 5.41) is 11.3. The highest BCUT2D eigenvalue weighted by Gasteiger charge is 2.11. The zero-order valence-corrected chi connectivity index (χ0v) is 10.6. The van der Waals surface area contributed by atoms with Gasteiger partial charge in [-0.05, 0) is 23.8 Å². The molecular formula is C11H20N4O2. The molecule has 0 aromatic carbocycles. The third kappa shape index (κ3) is 4.93. The Bertz CT molecular complexity index is 338. The van der Waals surface area contributed by atoms with E-state index in [1.165, 1.54) is 12.8 Å². The minimum atomic E-state index is -0.280. The van der Waals surface area contributed by atoms with Crippen LogP contribution in [0, 0.1) is 0 Å². The Morgan fingerprint density at radius 3 is 2.82 bits per heavy atom. The van der Waals surface area contributed by atoms with Gasteiger partial charge < -0.3 is 4.74 Å². The number of nitrogens with zero attached hydrogens (tertiary/aromatic N) is 4. The van der Waals surface area contributed by atoms with E-state index in [2.05, 4.69) is 22.4 Å². The zero-order valence-electron chi connectivity index (χ0n) is 10.6. The summed E-state index contributed by atoms with van der Waals surface area (Å²) in [6.45, 7) is 5.10. The second kappa shape index (κ2) is 7.76. The summed E-state index contributed by atoms with van der Waals surface area (Å²) in [6, 6.07) is 0. The van der Waals surface area contributed by atoms with E-state index in [-0.39, 0.29) is 12.4 Å². The van der Waals surface area contributed by atoms with Gasteiger partial charge in [-0.2, -0.15) is 0 Å². The molecular weight excluding hydrogens is 220 g/mol. The largest absolute Gasteiger partial charge is 0.466 e. The van der Waals surface area contributed by atoms with Gasteiger partial charge >= 0.3 is 5.97 Å². The molecule has 0 radical (unpaired) electrons. The van der Waals surface area contributed by atoms with Gasteiger partial charge in [-0.15, -0.1) is 5.10 Å². The number of tetrazole rings is 1. The summed E-state index contributed by atoms with van der Waals surface area (Å²) in [5.74, 6) is 0.303. The highest BCUT2D eigenvalue weighted by molar-refractivity contribution is 5.71. The summed E-state index contributed by atoms with van der Waals surface area (Å²) in [5.41, 5.74) is 0. The molecule has 0 saturated carbocycles. The predicted molar refractivity (Wildman–Crippen MR) is 62.3 cm³/mol. The van der Waals surface area contributed by atoms with Crippen LogP contribution in [-0.2, 0) is 22.5 Å². The first-order valence-electron chi connectivity index (χ1n) is 6.18. The average molecular weight is 240 g/mol. The number of esters is 1. The number of carbonyl (C=O) groups excluding carboxylic acids is 1. The normalized spacial score (nSPS) is 10.5. The number of hydrogen-bond acceptors (Lipinski definition) is 5. The predicted octanol–water partition coefficient (Wildman–Crippen LogP) is 1.36. The molecule has 0 atom stereocenters. The molecule has 6 nitrogen and oxygen atoms in total. The Balaban J connectivity index is 2.39. The molecule has 0 spiro atoms. The van der Waals surface area contributed by atoms with Gasteiger partial charge in [0.1, 0.15) is 6.42 Å². The standard InChI is InChI=1S/C11H20N4O2/c1-3-5-6-7-8-15-10(12-13-14-15)9-11(16)17-4-2/h3-9H2,1-2H3. The molecule has 1 heterocycles. The Labute approximate surface area is 101 Å². The lowest BCUT2D eigenvalue weighted by molar-refractivity contribution is -0.142. The van der Waals surface area contributed by atoms with Gasteiger partial charge in [0.05, 0.1) is 6.61 Å². The summed E-state index contributed by atoms with van der Waals surface area (Å²) in [6.07, 6.45) is 4.76. The van der Waals surface area contributed by atoms with Crippen LogP contribution < -0.4 is 0 Å². The molecule has 0 aliphatic carbocycles. The van der Waals surface area contributed by atoms with Gasteiger partial charge in [-0.3, -0.25) is 4.79 Å². The Kier molecular flexibility index (Phi) is 6.21. The molecule has 1 aromatic rings. The highest BCUT2D eigenvalue weighted by Crippen LogP contribution is 2.03. The lowest BCUT2D eigenvalue weighted by Gasteiger charge is -2.04. The maximum atomic E-state index is 11.3. The SMILES string of the molecule is CCCCCCn1nnnc1CC(=O)OCC. The molecule has 0 N–H and O–H groups in total. The van der Waals surface area contributed by atoms with Crippen LogP contribution >= 0.6 is 0 Å². The molecule has 1 aromatic heterocycles.